The Kier molecular flexibility index (Phi) is 5.08. The number of carbonyl (C=O) groups excluding carboxylic acids is 1. The fraction of sp³-hybridized carbons (Fsp3) is 0.500. The van der Waals surface area contributed by atoms with E-state index in [1.54, 1.807) is 22.0 Å². The van der Waals surface area contributed by atoms with E-state index in [1.807, 2.05) is 13.0 Å². The summed E-state index contributed by atoms with van der Waals surface area (Å²) in [6.07, 6.45) is 4.96. The Morgan fingerprint density at radius 2 is 2.24 bits per heavy atom. The maximum absolute atomic E-state index is 12.8. The number of halogens is 1. The summed E-state index contributed by atoms with van der Waals surface area (Å²) in [7, 11) is 0. The van der Waals surface area contributed by atoms with Crippen LogP contribution < -0.4 is 0 Å². The summed E-state index contributed by atoms with van der Waals surface area (Å²) in [5, 5.41) is 17.7. The third-order valence-electron chi connectivity index (χ3n) is 4.40. The van der Waals surface area contributed by atoms with Gasteiger partial charge in [0, 0.05) is 43.6 Å². The molecule has 3 heterocycles. The molecule has 0 aliphatic carbocycles. The summed E-state index contributed by atoms with van der Waals surface area (Å²) in [5.74, 6) is -1.08. The zero-order valence-corrected chi connectivity index (χ0v) is 14.7. The quantitative estimate of drug-likeness (QED) is 0.872. The van der Waals surface area contributed by atoms with Crippen molar-refractivity contribution >= 4 is 23.5 Å². The molecule has 1 fully saturated rings. The summed E-state index contributed by atoms with van der Waals surface area (Å²) in [6, 6.07) is 1.82. The third-order valence-corrected chi connectivity index (χ3v) is 4.68. The molecule has 1 saturated heterocycles. The highest BCUT2D eigenvalue weighted by Crippen LogP contribution is 2.28. The number of carbonyl (C=O) groups is 2. The van der Waals surface area contributed by atoms with Gasteiger partial charge < -0.3 is 10.0 Å². The monoisotopic (exact) mass is 365 g/mol. The minimum absolute atomic E-state index is 0.0478. The van der Waals surface area contributed by atoms with Crippen molar-refractivity contribution < 1.29 is 14.7 Å². The minimum Gasteiger partial charge on any atom is -0.480 e. The highest BCUT2D eigenvalue weighted by atomic mass is 35.5. The number of aromatic nitrogens is 4. The largest absolute Gasteiger partial charge is 0.480 e. The predicted octanol–water partition coefficient (Wildman–Crippen LogP) is 1.86. The smallest absolute Gasteiger partial charge is 0.325 e. The van der Waals surface area contributed by atoms with Crippen LogP contribution in [-0.4, -0.2) is 54.5 Å². The molecule has 0 spiro atoms. The van der Waals surface area contributed by atoms with Gasteiger partial charge in [0.25, 0.3) is 5.91 Å². The number of likely N-dealkylation sites (tertiary alicyclic amines) is 1. The first-order valence-corrected chi connectivity index (χ1v) is 8.63. The average molecular weight is 366 g/mol. The maximum Gasteiger partial charge on any atom is 0.325 e. The van der Waals surface area contributed by atoms with Crippen LogP contribution in [0.2, 0.25) is 5.02 Å². The molecular formula is C16H20ClN5O3. The Morgan fingerprint density at radius 3 is 2.92 bits per heavy atom. The Morgan fingerprint density at radius 1 is 1.44 bits per heavy atom. The number of hydrogen-bond donors (Lipinski definition) is 1. The van der Waals surface area contributed by atoms with Crippen molar-refractivity contribution in [2.75, 3.05) is 13.1 Å². The summed E-state index contributed by atoms with van der Waals surface area (Å²) >= 11 is 6.15. The SMILES string of the molecule is CCn1cc(Cl)c(C(=O)N2CCCC(c3ccnn3CC(=O)O)C2)n1. The molecule has 8 nitrogen and oxygen atoms in total. The lowest BCUT2D eigenvalue weighted by Gasteiger charge is -2.32. The third kappa shape index (κ3) is 3.68. The molecule has 0 saturated carbocycles. The fourth-order valence-electron chi connectivity index (χ4n) is 3.21. The van der Waals surface area contributed by atoms with Crippen molar-refractivity contribution in [3.63, 3.8) is 0 Å². The van der Waals surface area contributed by atoms with Gasteiger partial charge in [-0.3, -0.25) is 19.0 Å². The minimum atomic E-state index is -0.939. The van der Waals surface area contributed by atoms with Gasteiger partial charge in [0.05, 0.1) is 5.02 Å². The standard InChI is InChI=1S/C16H20ClN5O3/c1-2-21-9-12(17)15(19-21)16(25)20-7-3-4-11(8-20)13-5-6-18-22(13)10-14(23)24/h5-6,9,11H,2-4,7-8,10H2,1H3,(H,23,24). The van der Waals surface area contributed by atoms with Gasteiger partial charge in [-0.2, -0.15) is 10.2 Å². The zero-order valence-electron chi connectivity index (χ0n) is 13.9. The molecule has 2 aromatic rings. The molecule has 2 aromatic heterocycles. The highest BCUT2D eigenvalue weighted by molar-refractivity contribution is 6.33. The van der Waals surface area contributed by atoms with Crippen LogP contribution >= 0.6 is 11.6 Å². The van der Waals surface area contributed by atoms with Crippen LogP contribution in [0.5, 0.6) is 0 Å². The van der Waals surface area contributed by atoms with Crippen LogP contribution in [-0.2, 0) is 17.9 Å². The molecule has 1 amide bonds. The van der Waals surface area contributed by atoms with Crippen molar-refractivity contribution in [1.82, 2.24) is 24.5 Å². The van der Waals surface area contributed by atoms with Crippen molar-refractivity contribution in [3.05, 3.63) is 34.9 Å². The summed E-state index contributed by atoms with van der Waals surface area (Å²) in [5.41, 5.74) is 1.10. The number of rotatable bonds is 5. The van der Waals surface area contributed by atoms with Gasteiger partial charge in [-0.15, -0.1) is 0 Å². The fourth-order valence-corrected chi connectivity index (χ4v) is 3.44. The lowest BCUT2D eigenvalue weighted by atomic mass is 9.94. The number of piperidine rings is 1. The van der Waals surface area contributed by atoms with Crippen LogP contribution in [0.25, 0.3) is 0 Å². The van der Waals surface area contributed by atoms with Crippen LogP contribution in [0, 0.1) is 0 Å². The van der Waals surface area contributed by atoms with Gasteiger partial charge in [-0.25, -0.2) is 0 Å². The molecular weight excluding hydrogens is 346 g/mol. The zero-order chi connectivity index (χ0) is 18.0. The van der Waals surface area contributed by atoms with Gasteiger partial charge in [0.15, 0.2) is 5.69 Å². The van der Waals surface area contributed by atoms with Crippen molar-refractivity contribution in [1.29, 1.82) is 0 Å². The number of amides is 1. The molecule has 0 aromatic carbocycles. The molecule has 0 bridgehead atoms. The van der Waals surface area contributed by atoms with E-state index in [-0.39, 0.29) is 24.1 Å². The number of hydrogen-bond acceptors (Lipinski definition) is 4. The second-order valence-electron chi connectivity index (χ2n) is 6.08. The molecule has 1 atom stereocenters. The predicted molar refractivity (Wildman–Crippen MR) is 90.7 cm³/mol. The van der Waals surface area contributed by atoms with E-state index in [0.717, 1.165) is 18.5 Å². The number of nitrogens with zero attached hydrogens (tertiary/aromatic N) is 5. The molecule has 9 heteroatoms. The highest BCUT2D eigenvalue weighted by Gasteiger charge is 2.30. The number of aryl methyl sites for hydroxylation is 1. The summed E-state index contributed by atoms with van der Waals surface area (Å²) in [4.78, 5) is 25.5. The lowest BCUT2D eigenvalue weighted by Crippen LogP contribution is -2.40. The normalized spacial score (nSPS) is 17.7. The van der Waals surface area contributed by atoms with Crippen molar-refractivity contribution in [3.8, 4) is 0 Å². The molecule has 1 unspecified atom stereocenters. The van der Waals surface area contributed by atoms with Gasteiger partial charge in [-0.05, 0) is 25.8 Å². The molecule has 1 N–H and O–H groups in total. The topological polar surface area (TPSA) is 93.2 Å². The second kappa shape index (κ2) is 7.26. The Balaban J connectivity index is 1.77. The number of aliphatic carboxylic acids is 1. The first-order chi connectivity index (χ1) is 12.0. The lowest BCUT2D eigenvalue weighted by molar-refractivity contribution is -0.137. The Labute approximate surface area is 150 Å². The van der Waals surface area contributed by atoms with Crippen LogP contribution in [0.1, 0.15) is 41.9 Å². The van der Waals surface area contributed by atoms with Gasteiger partial charge >= 0.3 is 5.97 Å². The van der Waals surface area contributed by atoms with E-state index in [0.29, 0.717) is 24.7 Å². The molecule has 1 aliphatic heterocycles. The van der Waals surface area contributed by atoms with E-state index in [9.17, 15) is 9.59 Å². The second-order valence-corrected chi connectivity index (χ2v) is 6.49. The van der Waals surface area contributed by atoms with Crippen molar-refractivity contribution in [2.45, 2.75) is 38.8 Å². The van der Waals surface area contributed by atoms with Gasteiger partial charge in [-0.1, -0.05) is 11.6 Å². The summed E-state index contributed by atoms with van der Waals surface area (Å²) < 4.78 is 3.12. The average Bonchev–Trinajstić information content (AvgIpc) is 3.20. The number of carboxylic acid groups (broad SMARTS) is 1. The van der Waals surface area contributed by atoms with E-state index < -0.39 is 5.97 Å². The van der Waals surface area contributed by atoms with Crippen LogP contribution in [0.4, 0.5) is 0 Å². The molecule has 0 radical (unpaired) electrons. The van der Waals surface area contributed by atoms with Crippen LogP contribution in [0.15, 0.2) is 18.5 Å². The molecule has 1 aliphatic rings. The van der Waals surface area contributed by atoms with E-state index in [1.165, 1.54) is 4.68 Å². The molecule has 3 rings (SSSR count). The Hall–Kier alpha value is -2.35. The van der Waals surface area contributed by atoms with Gasteiger partial charge in [0.1, 0.15) is 6.54 Å². The van der Waals surface area contributed by atoms with Gasteiger partial charge in [0.2, 0.25) is 0 Å². The van der Waals surface area contributed by atoms with E-state index >= 15 is 0 Å². The van der Waals surface area contributed by atoms with E-state index in [4.69, 9.17) is 16.7 Å². The van der Waals surface area contributed by atoms with Crippen molar-refractivity contribution in [2.24, 2.45) is 0 Å². The first-order valence-electron chi connectivity index (χ1n) is 8.25. The van der Waals surface area contributed by atoms with Crippen LogP contribution in [0.3, 0.4) is 0 Å². The molecule has 134 valence electrons. The molecule has 25 heavy (non-hydrogen) atoms. The Bertz CT molecular complexity index is 785. The first kappa shape index (κ1) is 17.5. The summed E-state index contributed by atoms with van der Waals surface area (Å²) in [6.45, 7) is 3.53. The number of carboxylic acids is 1. The maximum atomic E-state index is 12.8. The van der Waals surface area contributed by atoms with E-state index in [2.05, 4.69) is 10.2 Å².